The fourth-order valence-electron chi connectivity index (χ4n) is 3.36. The van der Waals surface area contributed by atoms with E-state index >= 15 is 0 Å². The van der Waals surface area contributed by atoms with Gasteiger partial charge < -0.3 is 0 Å². The van der Waals surface area contributed by atoms with Crippen molar-refractivity contribution in [1.29, 1.82) is 0 Å². The molecule has 24 heavy (non-hydrogen) atoms. The maximum Gasteiger partial charge on any atom is 0.0704 e. The van der Waals surface area contributed by atoms with Crippen molar-refractivity contribution in [2.75, 3.05) is 0 Å². The minimum Gasteiger partial charge on any atom is -0.256 e. The molecule has 0 N–H and O–H groups in total. The Morgan fingerprint density at radius 3 is 2.12 bits per heavy atom. The zero-order valence-corrected chi connectivity index (χ0v) is 13.5. The van der Waals surface area contributed by atoms with Crippen LogP contribution in [0.3, 0.4) is 0 Å². The summed E-state index contributed by atoms with van der Waals surface area (Å²) in [5.41, 5.74) is 5.10. The normalized spacial score (nSPS) is 12.2. The molecule has 4 aromatic rings. The number of benzene rings is 3. The molecule has 0 spiro atoms. The molecule has 1 heteroatoms. The highest BCUT2D eigenvalue weighted by molar-refractivity contribution is 5.83. The van der Waals surface area contributed by atoms with Gasteiger partial charge in [-0.1, -0.05) is 78.9 Å². The largest absolute Gasteiger partial charge is 0.256 e. The fraction of sp³-hybridized carbons (Fsp3) is 0.0870. The summed E-state index contributed by atoms with van der Waals surface area (Å²) >= 11 is 0. The SMILES string of the molecule is c1ccc(CC(c2ccccc2)c2ccnc3ccccc23)cc1. The zero-order valence-electron chi connectivity index (χ0n) is 13.5. The molecule has 0 bridgehead atoms. The van der Waals surface area contributed by atoms with Gasteiger partial charge in [0.2, 0.25) is 0 Å². The summed E-state index contributed by atoms with van der Waals surface area (Å²) in [5, 5.41) is 1.24. The van der Waals surface area contributed by atoms with E-state index in [4.69, 9.17) is 0 Å². The minimum absolute atomic E-state index is 0.321. The first-order valence-corrected chi connectivity index (χ1v) is 8.34. The molecular formula is C23H19N. The second-order valence-electron chi connectivity index (χ2n) is 6.07. The summed E-state index contributed by atoms with van der Waals surface area (Å²) in [6.07, 6.45) is 2.91. The molecule has 0 aliphatic carbocycles. The average molecular weight is 309 g/mol. The van der Waals surface area contributed by atoms with Crippen LogP contribution in [0.15, 0.2) is 97.2 Å². The lowest BCUT2D eigenvalue weighted by molar-refractivity contribution is 0.811. The number of hydrogen-bond acceptors (Lipinski definition) is 1. The molecule has 1 nitrogen and oxygen atoms in total. The first-order valence-electron chi connectivity index (χ1n) is 8.34. The second kappa shape index (κ2) is 6.67. The van der Waals surface area contributed by atoms with Crippen LogP contribution >= 0.6 is 0 Å². The number of pyridine rings is 1. The Morgan fingerprint density at radius 2 is 1.33 bits per heavy atom. The van der Waals surface area contributed by atoms with E-state index < -0.39 is 0 Å². The molecule has 4 rings (SSSR count). The molecule has 0 amide bonds. The maximum absolute atomic E-state index is 4.52. The van der Waals surface area contributed by atoms with E-state index in [1.54, 1.807) is 0 Å². The molecule has 0 aliphatic rings. The molecule has 1 heterocycles. The highest BCUT2D eigenvalue weighted by atomic mass is 14.6. The van der Waals surface area contributed by atoms with E-state index in [0.29, 0.717) is 5.92 Å². The van der Waals surface area contributed by atoms with Crippen molar-refractivity contribution in [3.05, 3.63) is 114 Å². The Morgan fingerprint density at radius 1 is 0.667 bits per heavy atom. The molecule has 116 valence electrons. The Kier molecular flexibility index (Phi) is 4.07. The van der Waals surface area contributed by atoms with Gasteiger partial charge in [-0.15, -0.1) is 0 Å². The van der Waals surface area contributed by atoms with E-state index in [1.165, 1.54) is 22.1 Å². The van der Waals surface area contributed by atoms with Crippen LogP contribution in [0, 0.1) is 0 Å². The van der Waals surface area contributed by atoms with Crippen LogP contribution in [-0.4, -0.2) is 4.98 Å². The van der Waals surface area contributed by atoms with Gasteiger partial charge in [-0.2, -0.15) is 0 Å². The molecule has 0 saturated heterocycles. The lowest BCUT2D eigenvalue weighted by atomic mass is 9.84. The Bertz CT molecular complexity index is 924. The highest BCUT2D eigenvalue weighted by Gasteiger charge is 2.17. The van der Waals surface area contributed by atoms with Crippen LogP contribution in [0.25, 0.3) is 10.9 Å². The van der Waals surface area contributed by atoms with E-state index in [0.717, 1.165) is 11.9 Å². The molecule has 3 aromatic carbocycles. The van der Waals surface area contributed by atoms with Gasteiger partial charge in [-0.3, -0.25) is 4.98 Å². The lowest BCUT2D eigenvalue weighted by Crippen LogP contribution is -2.06. The number of rotatable bonds is 4. The Labute approximate surface area is 142 Å². The molecule has 1 atom stereocenters. The summed E-state index contributed by atoms with van der Waals surface area (Å²) in [5.74, 6) is 0.321. The Hall–Kier alpha value is -2.93. The van der Waals surface area contributed by atoms with Gasteiger partial charge >= 0.3 is 0 Å². The van der Waals surface area contributed by atoms with Gasteiger partial charge in [0.05, 0.1) is 5.52 Å². The van der Waals surface area contributed by atoms with Crippen LogP contribution in [0.4, 0.5) is 0 Å². The monoisotopic (exact) mass is 309 g/mol. The van der Waals surface area contributed by atoms with Crippen molar-refractivity contribution in [1.82, 2.24) is 4.98 Å². The standard InChI is InChI=1S/C23H19N/c1-3-9-18(10-4-1)17-22(19-11-5-2-6-12-19)20-15-16-24-23-14-8-7-13-21(20)23/h1-16,22H,17H2. The van der Waals surface area contributed by atoms with Crippen molar-refractivity contribution in [2.24, 2.45) is 0 Å². The Balaban J connectivity index is 1.86. The smallest absolute Gasteiger partial charge is 0.0704 e. The van der Waals surface area contributed by atoms with Gasteiger partial charge in [0.15, 0.2) is 0 Å². The highest BCUT2D eigenvalue weighted by Crippen LogP contribution is 2.32. The summed E-state index contributed by atoms with van der Waals surface area (Å²) in [6.45, 7) is 0. The first-order chi connectivity index (χ1) is 11.9. The van der Waals surface area contributed by atoms with E-state index in [1.807, 2.05) is 12.3 Å². The predicted octanol–water partition coefficient (Wildman–Crippen LogP) is 5.61. The van der Waals surface area contributed by atoms with Crippen molar-refractivity contribution in [2.45, 2.75) is 12.3 Å². The minimum atomic E-state index is 0.321. The lowest BCUT2D eigenvalue weighted by Gasteiger charge is -2.20. The van der Waals surface area contributed by atoms with Gasteiger partial charge in [0.1, 0.15) is 0 Å². The summed E-state index contributed by atoms with van der Waals surface area (Å²) in [7, 11) is 0. The first kappa shape index (κ1) is 14.6. The van der Waals surface area contributed by atoms with E-state index in [-0.39, 0.29) is 0 Å². The van der Waals surface area contributed by atoms with Gasteiger partial charge in [0.25, 0.3) is 0 Å². The fourth-order valence-corrected chi connectivity index (χ4v) is 3.36. The zero-order chi connectivity index (χ0) is 16.2. The van der Waals surface area contributed by atoms with Crippen molar-refractivity contribution < 1.29 is 0 Å². The molecular weight excluding hydrogens is 290 g/mol. The summed E-state index contributed by atoms with van der Waals surface area (Å²) in [4.78, 5) is 4.52. The number of fused-ring (bicyclic) bond motifs is 1. The number of hydrogen-bond donors (Lipinski definition) is 0. The maximum atomic E-state index is 4.52. The number of aromatic nitrogens is 1. The van der Waals surface area contributed by atoms with Crippen molar-refractivity contribution in [3.63, 3.8) is 0 Å². The third-order valence-electron chi connectivity index (χ3n) is 4.54. The number of nitrogens with zero attached hydrogens (tertiary/aromatic N) is 1. The van der Waals surface area contributed by atoms with Gasteiger partial charge in [-0.25, -0.2) is 0 Å². The van der Waals surface area contributed by atoms with E-state index in [2.05, 4.69) is 89.9 Å². The molecule has 0 saturated carbocycles. The molecule has 0 radical (unpaired) electrons. The number of para-hydroxylation sites is 1. The third kappa shape index (κ3) is 2.93. The van der Waals surface area contributed by atoms with Crippen molar-refractivity contribution >= 4 is 10.9 Å². The van der Waals surface area contributed by atoms with Crippen LogP contribution in [0.2, 0.25) is 0 Å². The van der Waals surface area contributed by atoms with Crippen LogP contribution < -0.4 is 0 Å². The van der Waals surface area contributed by atoms with Crippen LogP contribution in [-0.2, 0) is 6.42 Å². The predicted molar refractivity (Wildman–Crippen MR) is 100 cm³/mol. The average Bonchev–Trinajstić information content (AvgIpc) is 2.67. The van der Waals surface area contributed by atoms with Crippen LogP contribution in [0.5, 0.6) is 0 Å². The topological polar surface area (TPSA) is 12.9 Å². The summed E-state index contributed by atoms with van der Waals surface area (Å²) < 4.78 is 0. The third-order valence-corrected chi connectivity index (χ3v) is 4.54. The molecule has 0 fully saturated rings. The second-order valence-corrected chi connectivity index (χ2v) is 6.07. The summed E-state index contributed by atoms with van der Waals surface area (Å²) in [6, 6.07) is 32.1. The van der Waals surface area contributed by atoms with Gasteiger partial charge in [0, 0.05) is 17.5 Å². The van der Waals surface area contributed by atoms with Gasteiger partial charge in [-0.05, 0) is 35.2 Å². The quantitative estimate of drug-likeness (QED) is 0.477. The molecule has 0 aliphatic heterocycles. The van der Waals surface area contributed by atoms with Crippen molar-refractivity contribution in [3.8, 4) is 0 Å². The van der Waals surface area contributed by atoms with Crippen LogP contribution in [0.1, 0.15) is 22.6 Å². The van der Waals surface area contributed by atoms with E-state index in [9.17, 15) is 0 Å². The molecule has 1 unspecified atom stereocenters. The molecule has 1 aromatic heterocycles.